The van der Waals surface area contributed by atoms with Gasteiger partial charge in [-0.15, -0.1) is 10.2 Å². The number of methoxy groups -OCH3 is 1. The Morgan fingerprint density at radius 1 is 1.44 bits per heavy atom. The van der Waals surface area contributed by atoms with Gasteiger partial charge < -0.3 is 15.4 Å². The van der Waals surface area contributed by atoms with Crippen LogP contribution in [0.5, 0.6) is 0 Å². The van der Waals surface area contributed by atoms with Crippen LogP contribution >= 0.6 is 0 Å². The Morgan fingerprint density at radius 2 is 2.25 bits per heavy atom. The largest absolute Gasteiger partial charge is 0.383 e. The maximum absolute atomic E-state index is 11.2. The van der Waals surface area contributed by atoms with Crippen molar-refractivity contribution in [3.63, 3.8) is 0 Å². The van der Waals surface area contributed by atoms with Crippen LogP contribution in [0, 0.1) is 0 Å². The van der Waals surface area contributed by atoms with E-state index in [4.69, 9.17) is 4.74 Å². The van der Waals surface area contributed by atoms with Crippen molar-refractivity contribution in [3.8, 4) is 0 Å². The molecule has 9 nitrogen and oxygen atoms in total. The molecule has 0 unspecified atom stereocenters. The molecule has 0 saturated heterocycles. The summed E-state index contributed by atoms with van der Waals surface area (Å²) in [7, 11) is 1.53. The zero-order chi connectivity index (χ0) is 11.8. The third kappa shape index (κ3) is 4.00. The van der Waals surface area contributed by atoms with E-state index in [1.807, 2.05) is 0 Å². The number of nitrogens with zero attached hydrogens (tertiary/aromatic N) is 3. The van der Waals surface area contributed by atoms with Crippen LogP contribution in [0.15, 0.2) is 0 Å². The van der Waals surface area contributed by atoms with Crippen LogP contribution < -0.4 is 10.6 Å². The number of carbonyl (C=O) groups is 2. The highest BCUT2D eigenvalue weighted by Crippen LogP contribution is 1.81. The summed E-state index contributed by atoms with van der Waals surface area (Å²) in [5, 5.41) is 17.1. The van der Waals surface area contributed by atoms with Crippen molar-refractivity contribution in [2.45, 2.75) is 0 Å². The number of hydrogen-bond acceptors (Lipinski definition) is 6. The van der Waals surface area contributed by atoms with Gasteiger partial charge in [-0.2, -0.15) is 5.21 Å². The van der Waals surface area contributed by atoms with Crippen LogP contribution in [0.25, 0.3) is 0 Å². The van der Waals surface area contributed by atoms with Gasteiger partial charge in [0.2, 0.25) is 5.91 Å². The first-order valence-corrected chi connectivity index (χ1v) is 4.51. The maximum Gasteiger partial charge on any atom is 0.293 e. The van der Waals surface area contributed by atoms with Crippen LogP contribution in [0.3, 0.4) is 0 Å². The smallest absolute Gasteiger partial charge is 0.293 e. The van der Waals surface area contributed by atoms with E-state index in [1.54, 1.807) is 0 Å². The van der Waals surface area contributed by atoms with Crippen LogP contribution in [0.1, 0.15) is 10.6 Å². The van der Waals surface area contributed by atoms with Crippen molar-refractivity contribution in [2.75, 3.05) is 26.8 Å². The van der Waals surface area contributed by atoms with Crippen LogP contribution in [-0.4, -0.2) is 59.2 Å². The summed E-state index contributed by atoms with van der Waals surface area (Å²) in [6.45, 7) is 0.676. The van der Waals surface area contributed by atoms with E-state index in [-0.39, 0.29) is 18.3 Å². The maximum atomic E-state index is 11.2. The number of H-pyrrole nitrogens is 1. The Kier molecular flexibility index (Phi) is 4.86. The average Bonchev–Trinajstić information content (AvgIpc) is 2.79. The zero-order valence-corrected chi connectivity index (χ0v) is 8.69. The van der Waals surface area contributed by atoms with E-state index in [0.29, 0.717) is 13.2 Å². The first kappa shape index (κ1) is 12.0. The number of nitrogens with one attached hydrogen (secondary N) is 3. The molecule has 0 aliphatic rings. The highest BCUT2D eigenvalue weighted by molar-refractivity contribution is 5.93. The molecule has 0 radical (unpaired) electrons. The van der Waals surface area contributed by atoms with Crippen molar-refractivity contribution in [3.05, 3.63) is 5.82 Å². The molecule has 3 N–H and O–H groups in total. The molecule has 0 fully saturated rings. The second-order valence-electron chi connectivity index (χ2n) is 2.76. The fraction of sp³-hybridized carbons (Fsp3) is 0.571. The lowest BCUT2D eigenvalue weighted by Gasteiger charge is -2.04. The summed E-state index contributed by atoms with van der Waals surface area (Å²) in [4.78, 5) is 22.4. The standard InChI is InChI=1S/C7H12N6O3/c1-16-3-2-8-5(14)4-9-7(15)6-10-12-13-11-6/h2-4H2,1H3,(H,8,14)(H,9,15)(H,10,11,12,13). The van der Waals surface area contributed by atoms with E-state index in [0.717, 1.165) is 0 Å². The number of aromatic nitrogens is 4. The first-order chi connectivity index (χ1) is 7.74. The minimum absolute atomic E-state index is 0.107. The van der Waals surface area contributed by atoms with E-state index in [9.17, 15) is 9.59 Å². The van der Waals surface area contributed by atoms with Gasteiger partial charge >= 0.3 is 0 Å². The third-order valence-electron chi connectivity index (χ3n) is 1.59. The van der Waals surface area contributed by atoms with E-state index in [2.05, 4.69) is 31.3 Å². The van der Waals surface area contributed by atoms with Gasteiger partial charge in [0.1, 0.15) is 0 Å². The number of rotatable bonds is 6. The molecule has 0 spiro atoms. The molecule has 0 aliphatic carbocycles. The number of hydrogen-bond donors (Lipinski definition) is 3. The van der Waals surface area contributed by atoms with Crippen molar-refractivity contribution in [2.24, 2.45) is 0 Å². The van der Waals surface area contributed by atoms with E-state index >= 15 is 0 Å². The minimum Gasteiger partial charge on any atom is -0.383 e. The van der Waals surface area contributed by atoms with Crippen LogP contribution in [0.2, 0.25) is 0 Å². The first-order valence-electron chi connectivity index (χ1n) is 4.51. The molecule has 16 heavy (non-hydrogen) atoms. The molecule has 0 bridgehead atoms. The summed E-state index contributed by atoms with van der Waals surface area (Å²) >= 11 is 0. The van der Waals surface area contributed by atoms with Crippen molar-refractivity contribution < 1.29 is 14.3 Å². The third-order valence-corrected chi connectivity index (χ3v) is 1.59. The van der Waals surface area contributed by atoms with Gasteiger partial charge in [-0.05, 0) is 5.21 Å². The second-order valence-corrected chi connectivity index (χ2v) is 2.76. The van der Waals surface area contributed by atoms with Gasteiger partial charge in [0.15, 0.2) is 0 Å². The van der Waals surface area contributed by atoms with Crippen LogP contribution in [0.4, 0.5) is 0 Å². The van der Waals surface area contributed by atoms with Gasteiger partial charge in [-0.25, -0.2) is 0 Å². The molecule has 0 saturated carbocycles. The van der Waals surface area contributed by atoms with Crippen LogP contribution in [-0.2, 0) is 9.53 Å². The Hall–Kier alpha value is -2.03. The Bertz CT molecular complexity index is 338. The predicted octanol–water partition coefficient (Wildman–Crippen LogP) is -2.31. The normalized spacial score (nSPS) is 9.81. The van der Waals surface area contributed by atoms with E-state index < -0.39 is 5.91 Å². The predicted molar refractivity (Wildman–Crippen MR) is 51.4 cm³/mol. The summed E-state index contributed by atoms with van der Waals surface area (Å²) in [6, 6.07) is 0. The van der Waals surface area contributed by atoms with Crippen molar-refractivity contribution in [1.29, 1.82) is 0 Å². The summed E-state index contributed by atoms with van der Waals surface area (Å²) in [6.07, 6.45) is 0. The van der Waals surface area contributed by atoms with Crippen molar-refractivity contribution >= 4 is 11.8 Å². The molecule has 1 aromatic heterocycles. The van der Waals surface area contributed by atoms with Crippen molar-refractivity contribution in [1.82, 2.24) is 31.3 Å². The highest BCUT2D eigenvalue weighted by atomic mass is 16.5. The van der Waals surface area contributed by atoms with Gasteiger partial charge in [0, 0.05) is 13.7 Å². The average molecular weight is 228 g/mol. The minimum atomic E-state index is -0.560. The molecule has 2 amide bonds. The molecule has 1 aromatic rings. The van der Waals surface area contributed by atoms with Gasteiger partial charge in [0.05, 0.1) is 13.2 Å². The Morgan fingerprint density at radius 3 is 2.88 bits per heavy atom. The fourth-order valence-corrected chi connectivity index (χ4v) is 0.853. The lowest BCUT2D eigenvalue weighted by atomic mass is 10.5. The molecular weight excluding hydrogens is 216 g/mol. The molecule has 0 atom stereocenters. The van der Waals surface area contributed by atoms with Gasteiger partial charge in [0.25, 0.3) is 11.7 Å². The zero-order valence-electron chi connectivity index (χ0n) is 8.69. The number of aromatic amines is 1. The topological polar surface area (TPSA) is 122 Å². The lowest BCUT2D eigenvalue weighted by molar-refractivity contribution is -0.120. The second kappa shape index (κ2) is 6.45. The summed E-state index contributed by atoms with van der Waals surface area (Å²) in [5.41, 5.74) is 0. The monoisotopic (exact) mass is 228 g/mol. The molecule has 1 rings (SSSR count). The number of carbonyl (C=O) groups excluding carboxylic acids is 2. The molecule has 0 aromatic carbocycles. The molecule has 9 heteroatoms. The number of ether oxygens (including phenoxy) is 1. The highest BCUT2D eigenvalue weighted by Gasteiger charge is 2.11. The Labute approximate surface area is 90.9 Å². The fourth-order valence-electron chi connectivity index (χ4n) is 0.853. The van der Waals surface area contributed by atoms with E-state index in [1.165, 1.54) is 7.11 Å². The molecule has 1 heterocycles. The Balaban J connectivity index is 2.19. The molecule has 0 aliphatic heterocycles. The number of tetrazole rings is 1. The lowest BCUT2D eigenvalue weighted by Crippen LogP contribution is -2.38. The number of amides is 2. The van der Waals surface area contributed by atoms with Gasteiger partial charge in [-0.3, -0.25) is 9.59 Å². The molecular formula is C7H12N6O3. The van der Waals surface area contributed by atoms with Gasteiger partial charge in [-0.1, -0.05) is 0 Å². The molecule has 88 valence electrons. The quantitative estimate of drug-likeness (QED) is 0.470. The summed E-state index contributed by atoms with van der Waals surface area (Å²) < 4.78 is 4.74. The summed E-state index contributed by atoms with van der Waals surface area (Å²) in [5.74, 6) is -0.978. The SMILES string of the molecule is COCCNC(=O)CNC(=O)c1nn[nH]n1.